The van der Waals surface area contributed by atoms with Gasteiger partial charge in [0.2, 0.25) is 0 Å². The molecule has 0 aliphatic heterocycles. The van der Waals surface area contributed by atoms with Crippen LogP contribution in [0.3, 0.4) is 0 Å². The number of carbonyl (C=O) groups is 1. The van der Waals surface area contributed by atoms with Gasteiger partial charge in [0, 0.05) is 12.5 Å². The fourth-order valence-corrected chi connectivity index (χ4v) is 2.23. The number of ether oxygens (including phenoxy) is 1. The van der Waals surface area contributed by atoms with Crippen LogP contribution in [-0.2, 0) is 9.84 Å². The van der Waals surface area contributed by atoms with Crippen LogP contribution in [0.4, 0.5) is 0 Å². The molecule has 1 aromatic heterocycles. The van der Waals surface area contributed by atoms with Crippen molar-refractivity contribution in [3.05, 3.63) is 41.7 Å². The number of carboxylic acids is 1. The lowest BCUT2D eigenvalue weighted by molar-refractivity contribution is 0.0695. The maximum Gasteiger partial charge on any atom is 0.339 e. The van der Waals surface area contributed by atoms with E-state index in [0.717, 1.165) is 12.5 Å². The van der Waals surface area contributed by atoms with Crippen LogP contribution in [0.1, 0.15) is 16.1 Å². The van der Waals surface area contributed by atoms with E-state index < -0.39 is 15.8 Å². The SMILES string of the molecule is Cc1nc(Oc2cccc(S(C)(=O)=O)c2)ncc1C(=O)O. The predicted molar refractivity (Wildman–Crippen MR) is 73.4 cm³/mol. The van der Waals surface area contributed by atoms with Crippen molar-refractivity contribution in [3.63, 3.8) is 0 Å². The van der Waals surface area contributed by atoms with E-state index >= 15 is 0 Å². The minimum absolute atomic E-state index is 0.0211. The van der Waals surface area contributed by atoms with E-state index in [9.17, 15) is 13.2 Å². The van der Waals surface area contributed by atoms with E-state index in [-0.39, 0.29) is 27.9 Å². The molecular formula is C13H12N2O5S. The zero-order valence-electron chi connectivity index (χ0n) is 11.3. The fourth-order valence-electron chi connectivity index (χ4n) is 1.58. The summed E-state index contributed by atoms with van der Waals surface area (Å²) in [4.78, 5) is 18.7. The Kier molecular flexibility index (Phi) is 3.90. The summed E-state index contributed by atoms with van der Waals surface area (Å²) in [6.07, 6.45) is 2.23. The molecule has 0 bridgehead atoms. The molecule has 0 fully saturated rings. The molecule has 2 rings (SSSR count). The molecule has 1 heterocycles. The molecule has 1 aromatic carbocycles. The number of benzene rings is 1. The molecule has 0 atom stereocenters. The summed E-state index contributed by atoms with van der Waals surface area (Å²) in [5.74, 6) is -0.876. The van der Waals surface area contributed by atoms with Crippen LogP contribution in [0.15, 0.2) is 35.4 Å². The summed E-state index contributed by atoms with van der Waals surface area (Å²) in [7, 11) is -3.34. The van der Waals surface area contributed by atoms with Gasteiger partial charge in [-0.1, -0.05) is 6.07 Å². The number of hydrogen-bond acceptors (Lipinski definition) is 6. The van der Waals surface area contributed by atoms with Gasteiger partial charge in [0.1, 0.15) is 5.75 Å². The highest BCUT2D eigenvalue weighted by Crippen LogP contribution is 2.22. The maximum atomic E-state index is 11.5. The number of sulfone groups is 1. The summed E-state index contributed by atoms with van der Waals surface area (Å²) in [6, 6.07) is 5.83. The second kappa shape index (κ2) is 5.49. The summed E-state index contributed by atoms with van der Waals surface area (Å²) >= 11 is 0. The molecule has 0 unspecified atom stereocenters. The molecular weight excluding hydrogens is 296 g/mol. The van der Waals surface area contributed by atoms with Gasteiger partial charge >= 0.3 is 12.0 Å². The molecule has 1 N–H and O–H groups in total. The molecule has 21 heavy (non-hydrogen) atoms. The van der Waals surface area contributed by atoms with Crippen LogP contribution >= 0.6 is 0 Å². The van der Waals surface area contributed by atoms with E-state index in [1.165, 1.54) is 25.1 Å². The first-order valence-electron chi connectivity index (χ1n) is 5.82. The lowest BCUT2D eigenvalue weighted by atomic mass is 10.2. The van der Waals surface area contributed by atoms with Gasteiger partial charge in [0.15, 0.2) is 9.84 Å². The minimum atomic E-state index is -3.34. The van der Waals surface area contributed by atoms with Gasteiger partial charge in [0.25, 0.3) is 0 Å². The zero-order chi connectivity index (χ0) is 15.6. The molecule has 8 heteroatoms. The van der Waals surface area contributed by atoms with Crippen molar-refractivity contribution in [2.75, 3.05) is 6.26 Å². The van der Waals surface area contributed by atoms with E-state index in [4.69, 9.17) is 9.84 Å². The Morgan fingerprint density at radius 1 is 1.33 bits per heavy atom. The van der Waals surface area contributed by atoms with Crippen LogP contribution < -0.4 is 4.74 Å². The first-order valence-corrected chi connectivity index (χ1v) is 7.71. The third-order valence-corrected chi connectivity index (χ3v) is 3.74. The fraction of sp³-hybridized carbons (Fsp3) is 0.154. The van der Waals surface area contributed by atoms with Gasteiger partial charge in [-0.2, -0.15) is 4.98 Å². The molecule has 2 aromatic rings. The van der Waals surface area contributed by atoms with Crippen molar-refractivity contribution in [1.29, 1.82) is 0 Å². The van der Waals surface area contributed by atoms with Gasteiger partial charge in [-0.05, 0) is 25.1 Å². The van der Waals surface area contributed by atoms with Gasteiger partial charge in [-0.15, -0.1) is 0 Å². The Morgan fingerprint density at radius 3 is 2.62 bits per heavy atom. The number of rotatable bonds is 4. The Balaban J connectivity index is 2.31. The summed E-state index contributed by atoms with van der Waals surface area (Å²) in [6.45, 7) is 1.52. The van der Waals surface area contributed by atoms with Crippen LogP contribution in [0.5, 0.6) is 11.8 Å². The average molecular weight is 308 g/mol. The summed E-state index contributed by atoms with van der Waals surface area (Å²) < 4.78 is 28.3. The monoisotopic (exact) mass is 308 g/mol. The van der Waals surface area contributed by atoms with Crippen molar-refractivity contribution in [1.82, 2.24) is 9.97 Å². The lowest BCUT2D eigenvalue weighted by Crippen LogP contribution is -2.04. The molecule has 0 saturated heterocycles. The second-order valence-corrected chi connectivity index (χ2v) is 6.32. The van der Waals surface area contributed by atoms with Gasteiger partial charge in [-0.3, -0.25) is 0 Å². The van der Waals surface area contributed by atoms with E-state index in [0.29, 0.717) is 0 Å². The van der Waals surface area contributed by atoms with Crippen molar-refractivity contribution < 1.29 is 23.1 Å². The molecule has 0 amide bonds. The molecule has 0 aliphatic rings. The molecule has 0 saturated carbocycles. The maximum absolute atomic E-state index is 11.5. The largest absolute Gasteiger partial charge is 0.478 e. The predicted octanol–water partition coefficient (Wildman–Crippen LogP) is 1.68. The topological polar surface area (TPSA) is 106 Å². The number of aromatic carboxylic acids is 1. The number of carboxylic acid groups (broad SMARTS) is 1. The van der Waals surface area contributed by atoms with Crippen molar-refractivity contribution in [2.45, 2.75) is 11.8 Å². The summed E-state index contributed by atoms with van der Waals surface area (Å²) in [5, 5.41) is 8.88. The highest BCUT2D eigenvalue weighted by Gasteiger charge is 2.12. The Hall–Kier alpha value is -2.48. The second-order valence-electron chi connectivity index (χ2n) is 4.31. The zero-order valence-corrected chi connectivity index (χ0v) is 12.1. The molecule has 0 spiro atoms. The molecule has 0 aliphatic carbocycles. The Labute approximate surface area is 121 Å². The number of hydrogen-bond donors (Lipinski definition) is 1. The minimum Gasteiger partial charge on any atom is -0.478 e. The quantitative estimate of drug-likeness (QED) is 0.915. The highest BCUT2D eigenvalue weighted by molar-refractivity contribution is 7.90. The van der Waals surface area contributed by atoms with Crippen LogP contribution in [0.25, 0.3) is 0 Å². The van der Waals surface area contributed by atoms with E-state index in [1.807, 2.05) is 0 Å². The molecule has 0 radical (unpaired) electrons. The van der Waals surface area contributed by atoms with Crippen LogP contribution in [0.2, 0.25) is 0 Å². The molecule has 7 nitrogen and oxygen atoms in total. The smallest absolute Gasteiger partial charge is 0.339 e. The van der Waals surface area contributed by atoms with Gasteiger partial charge in [-0.25, -0.2) is 18.2 Å². The number of aryl methyl sites for hydroxylation is 1. The summed E-state index contributed by atoms with van der Waals surface area (Å²) in [5.41, 5.74) is 0.235. The average Bonchev–Trinajstić information content (AvgIpc) is 2.37. The molecule has 110 valence electrons. The van der Waals surface area contributed by atoms with E-state index in [2.05, 4.69) is 9.97 Å². The third kappa shape index (κ3) is 3.54. The van der Waals surface area contributed by atoms with Crippen molar-refractivity contribution in [2.24, 2.45) is 0 Å². The first kappa shape index (κ1) is 14.9. The number of aromatic nitrogens is 2. The van der Waals surface area contributed by atoms with Crippen LogP contribution in [0, 0.1) is 6.92 Å². The Morgan fingerprint density at radius 2 is 2.05 bits per heavy atom. The third-order valence-electron chi connectivity index (χ3n) is 2.63. The normalized spacial score (nSPS) is 11.1. The van der Waals surface area contributed by atoms with Crippen molar-refractivity contribution in [3.8, 4) is 11.8 Å². The van der Waals surface area contributed by atoms with Crippen molar-refractivity contribution >= 4 is 15.8 Å². The number of nitrogens with zero attached hydrogens (tertiary/aromatic N) is 2. The van der Waals surface area contributed by atoms with Crippen LogP contribution in [-0.4, -0.2) is 35.7 Å². The highest BCUT2D eigenvalue weighted by atomic mass is 32.2. The van der Waals surface area contributed by atoms with Gasteiger partial charge in [0.05, 0.1) is 16.2 Å². The lowest BCUT2D eigenvalue weighted by Gasteiger charge is -2.06. The van der Waals surface area contributed by atoms with E-state index in [1.54, 1.807) is 6.07 Å². The standard InChI is InChI=1S/C13H12N2O5S/c1-8-11(12(16)17)7-14-13(15-8)20-9-4-3-5-10(6-9)21(2,18)19/h3-7H,1-2H3,(H,16,17). The first-order chi connectivity index (χ1) is 9.77. The Bertz CT molecular complexity index is 802. The van der Waals surface area contributed by atoms with Gasteiger partial charge < -0.3 is 9.84 Å².